The molecule has 0 N–H and O–H groups in total. The number of carbonyl (C=O) groups is 1. The van der Waals surface area contributed by atoms with Crippen LogP contribution in [-0.2, 0) is 12.8 Å². The molecule has 1 nitrogen and oxygen atoms in total. The average Bonchev–Trinajstić information content (AvgIpc) is 2.37. The third kappa shape index (κ3) is 3.47. The van der Waals surface area contributed by atoms with Crippen LogP contribution in [0.5, 0.6) is 0 Å². The molecule has 0 saturated carbocycles. The number of benzene rings is 2. The van der Waals surface area contributed by atoms with Crippen LogP contribution >= 0.6 is 0 Å². The topological polar surface area (TPSA) is 17.1 Å². The minimum absolute atomic E-state index is 0.000150. The second-order valence-electron chi connectivity index (χ2n) is 4.43. The van der Waals surface area contributed by atoms with Gasteiger partial charge in [0.15, 0.2) is 5.78 Å². The third-order valence-electron chi connectivity index (χ3n) is 2.97. The van der Waals surface area contributed by atoms with Gasteiger partial charge < -0.3 is 0 Å². The lowest BCUT2D eigenvalue weighted by Gasteiger charge is -2.03. The number of hydrogen-bond donors (Lipinski definition) is 0. The fourth-order valence-electron chi connectivity index (χ4n) is 1.93. The van der Waals surface area contributed by atoms with Crippen molar-refractivity contribution in [2.24, 2.45) is 0 Å². The highest BCUT2D eigenvalue weighted by molar-refractivity contribution is 5.97. The van der Waals surface area contributed by atoms with Gasteiger partial charge in [0.1, 0.15) is 11.6 Å². The van der Waals surface area contributed by atoms with Gasteiger partial charge in [-0.25, -0.2) is 8.78 Å². The maximum atomic E-state index is 13.0. The fourth-order valence-corrected chi connectivity index (χ4v) is 1.93. The largest absolute Gasteiger partial charge is 0.294 e. The number of carbonyl (C=O) groups excluding carboxylic acids is 1. The number of rotatable bonds is 4. The first-order valence-electron chi connectivity index (χ1n) is 6.15. The first-order chi connectivity index (χ1) is 9.08. The van der Waals surface area contributed by atoms with Gasteiger partial charge in [0.2, 0.25) is 0 Å². The second-order valence-corrected chi connectivity index (χ2v) is 4.43. The maximum absolute atomic E-state index is 13.0. The maximum Gasteiger partial charge on any atom is 0.167 e. The normalized spacial score (nSPS) is 10.5. The van der Waals surface area contributed by atoms with Crippen LogP contribution in [0.25, 0.3) is 0 Å². The van der Waals surface area contributed by atoms with Crippen molar-refractivity contribution in [1.82, 2.24) is 0 Å². The molecule has 0 spiro atoms. The first kappa shape index (κ1) is 13.4. The molecule has 0 heterocycles. The van der Waals surface area contributed by atoms with E-state index in [1.54, 1.807) is 12.1 Å². The zero-order valence-corrected chi connectivity index (χ0v) is 10.6. The predicted molar refractivity (Wildman–Crippen MR) is 70.2 cm³/mol. The van der Waals surface area contributed by atoms with Crippen molar-refractivity contribution in [3.8, 4) is 0 Å². The lowest BCUT2D eigenvalue weighted by molar-refractivity contribution is 0.0993. The van der Waals surface area contributed by atoms with Crippen LogP contribution in [0.2, 0.25) is 0 Å². The summed E-state index contributed by atoms with van der Waals surface area (Å²) in [6, 6.07) is 10.4. The van der Waals surface area contributed by atoms with Gasteiger partial charge in [0.05, 0.1) is 0 Å². The van der Waals surface area contributed by atoms with E-state index in [0.29, 0.717) is 11.1 Å². The summed E-state index contributed by atoms with van der Waals surface area (Å²) in [4.78, 5) is 12.0. The van der Waals surface area contributed by atoms with Crippen molar-refractivity contribution >= 4 is 5.78 Å². The third-order valence-corrected chi connectivity index (χ3v) is 2.97. The van der Waals surface area contributed by atoms with E-state index in [2.05, 4.69) is 0 Å². The molecule has 0 fully saturated rings. The van der Waals surface area contributed by atoms with Crippen LogP contribution < -0.4 is 0 Å². The van der Waals surface area contributed by atoms with Gasteiger partial charge >= 0.3 is 0 Å². The Labute approximate surface area is 110 Å². The fraction of sp³-hybridized carbons (Fsp3) is 0.188. The van der Waals surface area contributed by atoms with Crippen molar-refractivity contribution in [2.45, 2.75) is 19.8 Å². The van der Waals surface area contributed by atoms with Gasteiger partial charge in [-0.15, -0.1) is 0 Å². The van der Waals surface area contributed by atoms with Gasteiger partial charge in [-0.2, -0.15) is 0 Å². The van der Waals surface area contributed by atoms with Gasteiger partial charge in [0.25, 0.3) is 0 Å². The number of Topliss-reactive ketones (excluding diaryl/α,β-unsaturated/α-hetero) is 1. The van der Waals surface area contributed by atoms with E-state index in [1.165, 1.54) is 12.1 Å². The predicted octanol–water partition coefficient (Wildman–Crippen LogP) is 3.95. The van der Waals surface area contributed by atoms with E-state index in [9.17, 15) is 13.6 Å². The number of hydrogen-bond acceptors (Lipinski definition) is 1. The summed E-state index contributed by atoms with van der Waals surface area (Å²) in [5.74, 6) is -1.47. The molecule has 2 rings (SSSR count). The Morgan fingerprint density at radius 3 is 2.05 bits per heavy atom. The lowest BCUT2D eigenvalue weighted by Crippen LogP contribution is -2.04. The molecule has 0 saturated heterocycles. The standard InChI is InChI=1S/C16H14F2O/c1-2-11-3-5-13(6-4-11)16(19)9-12-7-14(17)10-15(18)8-12/h3-8,10H,2,9H2,1H3. The van der Waals surface area contributed by atoms with Crippen LogP contribution in [0.1, 0.15) is 28.4 Å². The number of ketones is 1. The summed E-state index contributed by atoms with van der Waals surface area (Å²) < 4.78 is 26.1. The van der Waals surface area contributed by atoms with Gasteiger partial charge in [-0.05, 0) is 29.7 Å². The number of aryl methyl sites for hydroxylation is 1. The molecule has 0 atom stereocenters. The molecular weight excluding hydrogens is 246 g/mol. The average molecular weight is 260 g/mol. The minimum atomic E-state index is -0.663. The molecular formula is C16H14F2O. The highest BCUT2D eigenvalue weighted by Crippen LogP contribution is 2.12. The molecule has 2 aromatic rings. The Balaban J connectivity index is 2.15. The van der Waals surface area contributed by atoms with Crippen molar-refractivity contribution < 1.29 is 13.6 Å². The van der Waals surface area contributed by atoms with E-state index in [4.69, 9.17) is 0 Å². The highest BCUT2D eigenvalue weighted by atomic mass is 19.1. The monoisotopic (exact) mass is 260 g/mol. The Kier molecular flexibility index (Phi) is 4.05. The zero-order chi connectivity index (χ0) is 13.8. The van der Waals surface area contributed by atoms with Crippen LogP contribution in [-0.4, -0.2) is 5.78 Å². The van der Waals surface area contributed by atoms with Crippen molar-refractivity contribution in [2.75, 3.05) is 0 Å². The summed E-state index contributed by atoms with van der Waals surface area (Å²) in [5, 5.41) is 0. The summed E-state index contributed by atoms with van der Waals surface area (Å²) in [7, 11) is 0. The second kappa shape index (κ2) is 5.74. The summed E-state index contributed by atoms with van der Waals surface area (Å²) in [6.45, 7) is 2.03. The van der Waals surface area contributed by atoms with Crippen molar-refractivity contribution in [3.05, 3.63) is 70.8 Å². The van der Waals surface area contributed by atoms with Gasteiger partial charge in [0, 0.05) is 18.1 Å². The molecule has 0 aliphatic heterocycles. The quantitative estimate of drug-likeness (QED) is 0.761. The highest BCUT2D eigenvalue weighted by Gasteiger charge is 2.09. The molecule has 3 heteroatoms. The number of halogens is 2. The SMILES string of the molecule is CCc1ccc(C(=O)Cc2cc(F)cc(F)c2)cc1. The van der Waals surface area contributed by atoms with Crippen molar-refractivity contribution in [1.29, 1.82) is 0 Å². The van der Waals surface area contributed by atoms with Crippen molar-refractivity contribution in [3.63, 3.8) is 0 Å². The van der Waals surface area contributed by atoms with Gasteiger partial charge in [-0.1, -0.05) is 31.2 Å². The van der Waals surface area contributed by atoms with E-state index in [-0.39, 0.29) is 12.2 Å². The van der Waals surface area contributed by atoms with Crippen LogP contribution in [0.3, 0.4) is 0 Å². The Morgan fingerprint density at radius 2 is 1.53 bits per heavy atom. The molecule has 19 heavy (non-hydrogen) atoms. The molecule has 0 radical (unpaired) electrons. The molecule has 0 aliphatic rings. The molecule has 0 unspecified atom stereocenters. The van der Waals surface area contributed by atoms with Crippen LogP contribution in [0.15, 0.2) is 42.5 Å². The molecule has 0 amide bonds. The molecule has 0 aliphatic carbocycles. The first-order valence-corrected chi connectivity index (χ1v) is 6.15. The van der Waals surface area contributed by atoms with Gasteiger partial charge in [-0.3, -0.25) is 4.79 Å². The van der Waals surface area contributed by atoms with Crippen LogP contribution in [0, 0.1) is 11.6 Å². The Morgan fingerprint density at radius 1 is 0.947 bits per heavy atom. The zero-order valence-electron chi connectivity index (χ0n) is 10.6. The summed E-state index contributed by atoms with van der Waals surface area (Å²) in [6.07, 6.45) is 0.906. The molecule has 0 bridgehead atoms. The molecule has 2 aromatic carbocycles. The summed E-state index contributed by atoms with van der Waals surface area (Å²) >= 11 is 0. The van der Waals surface area contributed by atoms with E-state index in [1.807, 2.05) is 19.1 Å². The Hall–Kier alpha value is -2.03. The lowest BCUT2D eigenvalue weighted by atomic mass is 10.0. The molecule has 0 aromatic heterocycles. The van der Waals surface area contributed by atoms with Crippen LogP contribution in [0.4, 0.5) is 8.78 Å². The van der Waals surface area contributed by atoms with E-state index < -0.39 is 11.6 Å². The van der Waals surface area contributed by atoms with E-state index in [0.717, 1.165) is 18.1 Å². The minimum Gasteiger partial charge on any atom is -0.294 e. The smallest absolute Gasteiger partial charge is 0.167 e. The Bertz CT molecular complexity index is 568. The van der Waals surface area contributed by atoms with E-state index >= 15 is 0 Å². The summed E-state index contributed by atoms with van der Waals surface area (Å²) in [5.41, 5.74) is 2.05. The molecule has 98 valence electrons.